The quantitative estimate of drug-likeness (QED) is 0.842. The Balaban J connectivity index is 1.74. The summed E-state index contributed by atoms with van der Waals surface area (Å²) in [6.45, 7) is 3.83. The lowest BCUT2D eigenvalue weighted by Crippen LogP contribution is -2.50. The lowest BCUT2D eigenvalue weighted by molar-refractivity contribution is 0.0688. The van der Waals surface area contributed by atoms with Crippen LogP contribution in [-0.4, -0.2) is 65.0 Å². The van der Waals surface area contributed by atoms with E-state index < -0.39 is 15.9 Å². The highest BCUT2D eigenvalue weighted by Gasteiger charge is 2.34. The molecule has 0 aliphatic carbocycles. The first-order valence-electron chi connectivity index (χ1n) is 7.68. The maximum Gasteiger partial charge on any atom is 0.276 e. The van der Waals surface area contributed by atoms with Gasteiger partial charge in [-0.05, 0) is 26.0 Å². The highest BCUT2D eigenvalue weighted by molar-refractivity contribution is 7.89. The first-order chi connectivity index (χ1) is 11.8. The molecular formula is C15H18N4O5S. The number of amides is 1. The molecule has 0 aromatic carbocycles. The van der Waals surface area contributed by atoms with E-state index in [-0.39, 0.29) is 48.3 Å². The Hall–Kier alpha value is -2.46. The van der Waals surface area contributed by atoms with Crippen LogP contribution in [0, 0.1) is 13.8 Å². The third kappa shape index (κ3) is 3.10. The molecule has 3 heterocycles. The van der Waals surface area contributed by atoms with Gasteiger partial charge in [0.2, 0.25) is 10.0 Å². The van der Waals surface area contributed by atoms with Crippen LogP contribution in [0.3, 0.4) is 0 Å². The van der Waals surface area contributed by atoms with Crippen LogP contribution < -0.4 is 0 Å². The minimum absolute atomic E-state index is 0.0375. The molecule has 1 aliphatic heterocycles. The molecule has 134 valence electrons. The standard InChI is InChI=1S/C15H18N4O5S/c1-10-14(11(2)24-17-10)25(22,23)19-8-6-18(7-9-19)15(21)13-12(20)4-3-5-16-13/h3-5,20H,6-9H2,1-2H3. The third-order valence-electron chi connectivity index (χ3n) is 4.08. The van der Waals surface area contributed by atoms with E-state index in [1.165, 1.54) is 27.5 Å². The SMILES string of the molecule is Cc1noc(C)c1S(=O)(=O)N1CCN(C(=O)c2ncccc2O)CC1. The number of nitrogens with zero attached hydrogens (tertiary/aromatic N) is 4. The van der Waals surface area contributed by atoms with Crippen LogP contribution in [0.5, 0.6) is 5.75 Å². The Morgan fingerprint density at radius 1 is 1.24 bits per heavy atom. The van der Waals surface area contributed by atoms with Gasteiger partial charge < -0.3 is 14.5 Å². The molecule has 3 rings (SSSR count). The molecule has 0 unspecified atom stereocenters. The van der Waals surface area contributed by atoms with E-state index in [2.05, 4.69) is 10.1 Å². The molecule has 1 fully saturated rings. The van der Waals surface area contributed by atoms with Gasteiger partial charge in [0.25, 0.3) is 5.91 Å². The zero-order chi connectivity index (χ0) is 18.2. The molecule has 0 atom stereocenters. The summed E-state index contributed by atoms with van der Waals surface area (Å²) in [7, 11) is -3.73. The highest BCUT2D eigenvalue weighted by Crippen LogP contribution is 2.25. The van der Waals surface area contributed by atoms with Crippen LogP contribution in [0.2, 0.25) is 0 Å². The second kappa shape index (κ2) is 6.45. The number of pyridine rings is 1. The molecule has 2 aromatic rings. The number of sulfonamides is 1. The molecule has 0 bridgehead atoms. The van der Waals surface area contributed by atoms with Crippen molar-refractivity contribution in [3.8, 4) is 5.75 Å². The fourth-order valence-electron chi connectivity index (χ4n) is 2.81. The molecule has 0 saturated carbocycles. The van der Waals surface area contributed by atoms with Gasteiger partial charge in [-0.15, -0.1) is 0 Å². The van der Waals surface area contributed by atoms with Crippen LogP contribution in [0.1, 0.15) is 21.9 Å². The number of aryl methyl sites for hydroxylation is 2. The number of carbonyl (C=O) groups excluding carboxylic acids is 1. The Labute approximate surface area is 144 Å². The van der Waals surface area contributed by atoms with E-state index in [1.54, 1.807) is 13.8 Å². The van der Waals surface area contributed by atoms with Crippen molar-refractivity contribution in [2.45, 2.75) is 18.7 Å². The van der Waals surface area contributed by atoms with Crippen LogP contribution >= 0.6 is 0 Å². The van der Waals surface area contributed by atoms with E-state index in [0.29, 0.717) is 5.69 Å². The summed E-state index contributed by atoms with van der Waals surface area (Å²) in [5, 5.41) is 13.4. The van der Waals surface area contributed by atoms with Crippen LogP contribution in [0.4, 0.5) is 0 Å². The Morgan fingerprint density at radius 3 is 2.48 bits per heavy atom. The molecule has 0 radical (unpaired) electrons. The first-order valence-corrected chi connectivity index (χ1v) is 9.12. The largest absolute Gasteiger partial charge is 0.505 e. The zero-order valence-corrected chi connectivity index (χ0v) is 14.7. The normalized spacial score (nSPS) is 16.2. The van der Waals surface area contributed by atoms with Gasteiger partial charge >= 0.3 is 0 Å². The van der Waals surface area contributed by atoms with Crippen molar-refractivity contribution in [2.24, 2.45) is 0 Å². The smallest absolute Gasteiger partial charge is 0.276 e. The summed E-state index contributed by atoms with van der Waals surface area (Å²) in [6, 6.07) is 2.92. The maximum absolute atomic E-state index is 12.8. The van der Waals surface area contributed by atoms with Crippen LogP contribution in [0.15, 0.2) is 27.7 Å². The predicted octanol–water partition coefficient (Wildman–Crippen LogP) is 0.539. The molecule has 0 spiro atoms. The molecule has 1 amide bonds. The van der Waals surface area contributed by atoms with Gasteiger partial charge in [0.15, 0.2) is 11.5 Å². The maximum atomic E-state index is 12.8. The summed E-state index contributed by atoms with van der Waals surface area (Å²) in [6.07, 6.45) is 1.42. The Morgan fingerprint density at radius 2 is 1.92 bits per heavy atom. The van der Waals surface area contributed by atoms with Crippen molar-refractivity contribution >= 4 is 15.9 Å². The lowest BCUT2D eigenvalue weighted by atomic mass is 10.2. The number of aromatic nitrogens is 2. The van der Waals surface area contributed by atoms with Gasteiger partial charge in [-0.1, -0.05) is 5.16 Å². The second-order valence-corrected chi connectivity index (χ2v) is 7.60. The number of piperazine rings is 1. The number of aromatic hydroxyl groups is 1. The third-order valence-corrected chi connectivity index (χ3v) is 6.22. The summed E-state index contributed by atoms with van der Waals surface area (Å²) < 4.78 is 31.8. The topological polar surface area (TPSA) is 117 Å². The van der Waals surface area contributed by atoms with Gasteiger partial charge in [-0.3, -0.25) is 4.79 Å². The van der Waals surface area contributed by atoms with E-state index in [4.69, 9.17) is 4.52 Å². The van der Waals surface area contributed by atoms with Crippen molar-refractivity contribution in [3.63, 3.8) is 0 Å². The van der Waals surface area contributed by atoms with E-state index in [9.17, 15) is 18.3 Å². The molecule has 1 N–H and O–H groups in total. The fraction of sp³-hybridized carbons (Fsp3) is 0.400. The van der Waals surface area contributed by atoms with Crippen molar-refractivity contribution < 1.29 is 22.8 Å². The molecule has 25 heavy (non-hydrogen) atoms. The number of hydrogen-bond acceptors (Lipinski definition) is 7. The van der Waals surface area contributed by atoms with Gasteiger partial charge in [0.05, 0.1) is 0 Å². The summed E-state index contributed by atoms with van der Waals surface area (Å²) >= 11 is 0. The van der Waals surface area contributed by atoms with Crippen molar-refractivity contribution in [1.82, 2.24) is 19.3 Å². The number of carbonyl (C=O) groups is 1. The molecule has 1 saturated heterocycles. The van der Waals surface area contributed by atoms with Gasteiger partial charge in [0.1, 0.15) is 16.3 Å². The van der Waals surface area contributed by atoms with E-state index >= 15 is 0 Å². The van der Waals surface area contributed by atoms with Crippen molar-refractivity contribution in [2.75, 3.05) is 26.2 Å². The molecule has 9 nitrogen and oxygen atoms in total. The van der Waals surface area contributed by atoms with E-state index in [0.717, 1.165) is 0 Å². The van der Waals surface area contributed by atoms with Crippen LogP contribution in [-0.2, 0) is 10.0 Å². The number of hydrogen-bond donors (Lipinski definition) is 1. The lowest BCUT2D eigenvalue weighted by Gasteiger charge is -2.33. The van der Waals surface area contributed by atoms with E-state index in [1.807, 2.05) is 0 Å². The van der Waals surface area contributed by atoms with Gasteiger partial charge in [-0.2, -0.15) is 4.31 Å². The average Bonchev–Trinajstić information content (AvgIpc) is 2.94. The Bertz CT molecular complexity index is 881. The summed E-state index contributed by atoms with van der Waals surface area (Å²) in [5.41, 5.74) is 0.277. The predicted molar refractivity (Wildman–Crippen MR) is 86.5 cm³/mol. The minimum atomic E-state index is -3.73. The summed E-state index contributed by atoms with van der Waals surface area (Å²) in [4.78, 5) is 17.9. The monoisotopic (exact) mass is 366 g/mol. The summed E-state index contributed by atoms with van der Waals surface area (Å²) in [5.74, 6) is -0.375. The molecular weight excluding hydrogens is 348 g/mol. The van der Waals surface area contributed by atoms with Gasteiger partial charge in [0, 0.05) is 32.4 Å². The molecule has 2 aromatic heterocycles. The second-order valence-electron chi connectivity index (χ2n) is 5.72. The fourth-order valence-corrected chi connectivity index (χ4v) is 4.53. The zero-order valence-electron chi connectivity index (χ0n) is 13.8. The highest BCUT2D eigenvalue weighted by atomic mass is 32.2. The van der Waals surface area contributed by atoms with Crippen molar-refractivity contribution in [3.05, 3.63) is 35.5 Å². The first kappa shape index (κ1) is 17.4. The van der Waals surface area contributed by atoms with Crippen LogP contribution in [0.25, 0.3) is 0 Å². The number of rotatable bonds is 3. The van der Waals surface area contributed by atoms with Crippen molar-refractivity contribution in [1.29, 1.82) is 0 Å². The molecule has 10 heteroatoms. The van der Waals surface area contributed by atoms with Gasteiger partial charge in [-0.25, -0.2) is 13.4 Å². The average molecular weight is 366 g/mol. The Kier molecular flexibility index (Phi) is 4.48. The minimum Gasteiger partial charge on any atom is -0.505 e. The molecule has 1 aliphatic rings.